The summed E-state index contributed by atoms with van der Waals surface area (Å²) in [6.07, 6.45) is 0. The first-order valence-corrected chi connectivity index (χ1v) is 6.33. The van der Waals surface area contributed by atoms with Gasteiger partial charge >= 0.3 is 0 Å². The molecule has 0 saturated carbocycles. The molecule has 0 aromatic heterocycles. The van der Waals surface area contributed by atoms with E-state index in [-0.39, 0.29) is 5.75 Å². The molecule has 0 unspecified atom stereocenters. The highest BCUT2D eigenvalue weighted by Crippen LogP contribution is 2.35. The van der Waals surface area contributed by atoms with E-state index in [1.165, 1.54) is 12.1 Å². The van der Waals surface area contributed by atoms with Crippen molar-refractivity contribution in [2.24, 2.45) is 0 Å². The highest BCUT2D eigenvalue weighted by atomic mass is 79.9. The Labute approximate surface area is 118 Å². The fourth-order valence-electron chi connectivity index (χ4n) is 1.44. The second kappa shape index (κ2) is 5.16. The minimum absolute atomic E-state index is 0.237. The lowest BCUT2D eigenvalue weighted by Gasteiger charge is -2.11. The van der Waals surface area contributed by atoms with E-state index in [2.05, 4.69) is 15.9 Å². The molecule has 0 radical (unpaired) electrons. The average Bonchev–Trinajstić information content (AvgIpc) is 2.29. The number of nitrogens with two attached hydrogens (primary N) is 1. The van der Waals surface area contributed by atoms with Crippen molar-refractivity contribution in [2.75, 3.05) is 5.73 Å². The van der Waals surface area contributed by atoms with E-state index in [4.69, 9.17) is 22.1 Å². The number of benzene rings is 2. The minimum atomic E-state index is -0.442. The number of hydrogen-bond acceptors (Lipinski definition) is 2. The van der Waals surface area contributed by atoms with E-state index >= 15 is 0 Å². The van der Waals surface area contributed by atoms with Crippen molar-refractivity contribution < 1.29 is 9.13 Å². The Hall–Kier alpha value is -1.26. The quantitative estimate of drug-likeness (QED) is 0.793. The molecule has 94 valence electrons. The summed E-state index contributed by atoms with van der Waals surface area (Å²) in [6.45, 7) is 1.92. The fourth-order valence-corrected chi connectivity index (χ4v) is 2.07. The molecule has 0 spiro atoms. The Kier molecular flexibility index (Phi) is 3.78. The monoisotopic (exact) mass is 329 g/mol. The molecule has 0 aliphatic carbocycles. The second-order valence-electron chi connectivity index (χ2n) is 3.84. The molecule has 2 nitrogen and oxygen atoms in total. The van der Waals surface area contributed by atoms with Gasteiger partial charge in [0.05, 0.1) is 15.2 Å². The largest absolute Gasteiger partial charge is 0.454 e. The van der Waals surface area contributed by atoms with Crippen molar-refractivity contribution in [1.82, 2.24) is 0 Å². The number of anilines is 1. The number of ether oxygens (including phenoxy) is 1. The van der Waals surface area contributed by atoms with Crippen LogP contribution < -0.4 is 10.5 Å². The van der Waals surface area contributed by atoms with Gasteiger partial charge in [-0.3, -0.25) is 0 Å². The second-order valence-corrected chi connectivity index (χ2v) is 5.10. The van der Waals surface area contributed by atoms with Gasteiger partial charge in [-0.1, -0.05) is 17.7 Å². The van der Waals surface area contributed by atoms with E-state index in [9.17, 15) is 4.39 Å². The van der Waals surface area contributed by atoms with Gasteiger partial charge in [0.2, 0.25) is 0 Å². The maximum atomic E-state index is 13.4. The summed E-state index contributed by atoms with van der Waals surface area (Å²) in [5.41, 5.74) is 7.10. The van der Waals surface area contributed by atoms with Crippen molar-refractivity contribution >= 4 is 33.2 Å². The predicted octanol–water partition coefficient (Wildman–Crippen LogP) is 4.92. The fraction of sp³-hybridized carbons (Fsp3) is 0.0769. The molecular weight excluding hydrogens is 321 g/mol. The van der Waals surface area contributed by atoms with Gasteiger partial charge in [0, 0.05) is 6.07 Å². The van der Waals surface area contributed by atoms with Crippen LogP contribution in [-0.4, -0.2) is 0 Å². The van der Waals surface area contributed by atoms with E-state index in [0.29, 0.717) is 20.9 Å². The smallest absolute Gasteiger partial charge is 0.153 e. The first kappa shape index (κ1) is 13.2. The zero-order valence-corrected chi connectivity index (χ0v) is 11.8. The molecule has 0 aliphatic heterocycles. The molecule has 2 aromatic rings. The summed E-state index contributed by atoms with van der Waals surface area (Å²) >= 11 is 9.09. The van der Waals surface area contributed by atoms with Gasteiger partial charge in [-0.2, -0.15) is 0 Å². The lowest BCUT2D eigenvalue weighted by molar-refractivity contribution is 0.479. The number of halogens is 3. The van der Waals surface area contributed by atoms with E-state index in [1.807, 2.05) is 13.0 Å². The van der Waals surface area contributed by atoms with Crippen molar-refractivity contribution in [3.8, 4) is 11.5 Å². The molecule has 5 heteroatoms. The van der Waals surface area contributed by atoms with Crippen molar-refractivity contribution in [1.29, 1.82) is 0 Å². The van der Waals surface area contributed by atoms with Crippen LogP contribution in [0.1, 0.15) is 5.56 Å². The number of aryl methyl sites for hydroxylation is 1. The van der Waals surface area contributed by atoms with Crippen LogP contribution >= 0.6 is 27.5 Å². The lowest BCUT2D eigenvalue weighted by Crippen LogP contribution is -1.94. The molecule has 2 rings (SSSR count). The molecule has 18 heavy (non-hydrogen) atoms. The highest BCUT2D eigenvalue weighted by Gasteiger charge is 2.10. The van der Waals surface area contributed by atoms with Gasteiger partial charge in [0.25, 0.3) is 0 Å². The van der Waals surface area contributed by atoms with E-state index in [1.54, 1.807) is 12.1 Å². The normalized spacial score (nSPS) is 10.4. The van der Waals surface area contributed by atoms with Crippen LogP contribution in [0.3, 0.4) is 0 Å². The molecular formula is C13H10BrClFNO. The third-order valence-corrected chi connectivity index (χ3v) is 3.26. The minimum Gasteiger partial charge on any atom is -0.454 e. The number of hydrogen-bond donors (Lipinski definition) is 1. The van der Waals surface area contributed by atoms with Crippen LogP contribution in [-0.2, 0) is 0 Å². The summed E-state index contributed by atoms with van der Waals surface area (Å²) in [5.74, 6) is 0.236. The van der Waals surface area contributed by atoms with Crippen LogP contribution in [0.4, 0.5) is 10.1 Å². The average molecular weight is 331 g/mol. The van der Waals surface area contributed by atoms with Crippen LogP contribution in [0, 0.1) is 12.7 Å². The molecule has 0 saturated heterocycles. The highest BCUT2D eigenvalue weighted by molar-refractivity contribution is 9.10. The maximum Gasteiger partial charge on any atom is 0.153 e. The Balaban J connectivity index is 2.37. The third-order valence-electron chi connectivity index (χ3n) is 2.36. The van der Waals surface area contributed by atoms with Crippen LogP contribution in [0.5, 0.6) is 11.5 Å². The Morgan fingerprint density at radius 3 is 2.61 bits per heavy atom. The molecule has 0 atom stereocenters. The molecule has 0 heterocycles. The maximum absolute atomic E-state index is 13.4. The molecule has 2 N–H and O–H groups in total. The van der Waals surface area contributed by atoms with Crippen molar-refractivity contribution in [2.45, 2.75) is 6.92 Å². The zero-order chi connectivity index (χ0) is 13.3. The first-order chi connectivity index (χ1) is 8.47. The van der Waals surface area contributed by atoms with Crippen molar-refractivity contribution in [3.63, 3.8) is 0 Å². The van der Waals surface area contributed by atoms with Gasteiger partial charge in [0.1, 0.15) is 11.6 Å². The van der Waals surface area contributed by atoms with E-state index < -0.39 is 5.82 Å². The lowest BCUT2D eigenvalue weighted by atomic mass is 10.2. The molecule has 2 aromatic carbocycles. The zero-order valence-electron chi connectivity index (χ0n) is 9.51. The summed E-state index contributed by atoms with van der Waals surface area (Å²) in [7, 11) is 0. The molecule has 0 amide bonds. The summed E-state index contributed by atoms with van der Waals surface area (Å²) in [5, 5.41) is 0.456. The van der Waals surface area contributed by atoms with Gasteiger partial charge in [-0.15, -0.1) is 0 Å². The van der Waals surface area contributed by atoms with Crippen LogP contribution in [0.25, 0.3) is 0 Å². The summed E-state index contributed by atoms with van der Waals surface area (Å²) < 4.78 is 19.2. The van der Waals surface area contributed by atoms with Gasteiger partial charge in [0.15, 0.2) is 5.75 Å². The first-order valence-electron chi connectivity index (χ1n) is 5.16. The molecule has 0 fully saturated rings. The third kappa shape index (κ3) is 2.76. The standard InChI is InChI=1S/C13H10BrClFNO/c1-7-2-3-12(9(15)4-7)18-13-6-10(16)8(14)5-11(13)17/h2-6H,17H2,1H3. The molecule has 0 aliphatic rings. The summed E-state index contributed by atoms with van der Waals surface area (Å²) in [4.78, 5) is 0. The van der Waals surface area contributed by atoms with Gasteiger partial charge in [-0.05, 0) is 46.6 Å². The Morgan fingerprint density at radius 2 is 1.94 bits per heavy atom. The predicted molar refractivity (Wildman–Crippen MR) is 74.8 cm³/mol. The summed E-state index contributed by atoms with van der Waals surface area (Å²) in [6, 6.07) is 8.01. The van der Waals surface area contributed by atoms with Crippen LogP contribution in [0.15, 0.2) is 34.8 Å². The topological polar surface area (TPSA) is 35.2 Å². The van der Waals surface area contributed by atoms with Crippen LogP contribution in [0.2, 0.25) is 5.02 Å². The molecule has 0 bridgehead atoms. The number of nitrogen functional groups attached to an aromatic ring is 1. The number of rotatable bonds is 2. The van der Waals surface area contributed by atoms with E-state index in [0.717, 1.165) is 5.56 Å². The van der Waals surface area contributed by atoms with Gasteiger partial charge < -0.3 is 10.5 Å². The SMILES string of the molecule is Cc1ccc(Oc2cc(F)c(Br)cc2N)c(Cl)c1. The Bertz CT molecular complexity index is 604. The Morgan fingerprint density at radius 1 is 1.22 bits per heavy atom. The van der Waals surface area contributed by atoms with Gasteiger partial charge in [-0.25, -0.2) is 4.39 Å². The van der Waals surface area contributed by atoms with Crippen molar-refractivity contribution in [3.05, 3.63) is 51.2 Å².